The summed E-state index contributed by atoms with van der Waals surface area (Å²) in [5.41, 5.74) is 0.0989. The molecule has 0 bridgehead atoms. The molecule has 0 aromatic heterocycles. The Morgan fingerprint density at radius 3 is 2.48 bits per heavy atom. The van der Waals surface area contributed by atoms with Crippen LogP contribution in [0.2, 0.25) is 0 Å². The van der Waals surface area contributed by atoms with Crippen molar-refractivity contribution in [3.05, 3.63) is 24.3 Å². The van der Waals surface area contributed by atoms with E-state index in [0.717, 1.165) is 25.7 Å². The molecule has 0 saturated heterocycles. The lowest BCUT2D eigenvalue weighted by molar-refractivity contribution is 0.113. The van der Waals surface area contributed by atoms with Crippen LogP contribution in [0, 0.1) is 16.7 Å². The zero-order valence-corrected chi connectivity index (χ0v) is 12.9. The van der Waals surface area contributed by atoms with Gasteiger partial charge < -0.3 is 4.74 Å². The van der Waals surface area contributed by atoms with Crippen LogP contribution in [0.25, 0.3) is 0 Å². The van der Waals surface area contributed by atoms with E-state index in [1.54, 1.807) is 18.2 Å². The Morgan fingerprint density at radius 2 is 1.90 bits per heavy atom. The topological polar surface area (TPSA) is 67.2 Å². The van der Waals surface area contributed by atoms with E-state index < -0.39 is 14.6 Å². The first-order chi connectivity index (χ1) is 9.97. The summed E-state index contributed by atoms with van der Waals surface area (Å²) in [6.07, 6.45) is 5.39. The fraction of sp³-hybridized carbons (Fsp3) is 0.562. The molecule has 2 aliphatic rings. The smallest absolute Gasteiger partial charge is 0.197 e. The molecule has 0 N–H and O–H groups in total. The third-order valence-corrected chi connectivity index (χ3v) is 7.34. The second-order valence-corrected chi connectivity index (χ2v) is 8.61. The summed E-state index contributed by atoms with van der Waals surface area (Å²) in [6, 6.07) is 8.53. The monoisotopic (exact) mass is 305 g/mol. The van der Waals surface area contributed by atoms with E-state index in [1.165, 1.54) is 13.2 Å². The second kappa shape index (κ2) is 4.74. The third kappa shape index (κ3) is 2.04. The Balaban J connectivity index is 1.95. The summed E-state index contributed by atoms with van der Waals surface area (Å²) < 4.78 is 29.6. The van der Waals surface area contributed by atoms with E-state index in [4.69, 9.17) is 4.74 Å². The van der Waals surface area contributed by atoms with Gasteiger partial charge in [0.15, 0.2) is 14.6 Å². The Hall–Kier alpha value is -1.54. The van der Waals surface area contributed by atoms with Crippen molar-refractivity contribution in [2.75, 3.05) is 7.11 Å². The van der Waals surface area contributed by atoms with Gasteiger partial charge in [0.05, 0.1) is 18.1 Å². The molecule has 21 heavy (non-hydrogen) atoms. The van der Waals surface area contributed by atoms with Gasteiger partial charge in [-0.25, -0.2) is 8.42 Å². The molecule has 4 nitrogen and oxygen atoms in total. The molecular weight excluding hydrogens is 286 g/mol. The molecule has 2 saturated carbocycles. The highest BCUT2D eigenvalue weighted by Crippen LogP contribution is 2.61. The quantitative estimate of drug-likeness (QED) is 0.860. The molecule has 0 atom stereocenters. The zero-order chi connectivity index (χ0) is 15.1. The van der Waals surface area contributed by atoms with Gasteiger partial charge in [-0.2, -0.15) is 5.26 Å². The number of methoxy groups -OCH3 is 1. The first-order valence-corrected chi connectivity index (χ1v) is 8.75. The van der Waals surface area contributed by atoms with Gasteiger partial charge >= 0.3 is 0 Å². The second-order valence-electron chi connectivity index (χ2n) is 6.35. The molecule has 1 spiro atoms. The van der Waals surface area contributed by atoms with E-state index in [-0.39, 0.29) is 10.3 Å². The average Bonchev–Trinajstić information content (AvgIpc) is 2.94. The van der Waals surface area contributed by atoms with E-state index in [9.17, 15) is 13.7 Å². The van der Waals surface area contributed by atoms with Gasteiger partial charge in [-0.05, 0) is 49.3 Å². The highest BCUT2D eigenvalue weighted by molar-refractivity contribution is 7.93. The zero-order valence-electron chi connectivity index (χ0n) is 12.1. The highest BCUT2D eigenvalue weighted by Gasteiger charge is 2.62. The van der Waals surface area contributed by atoms with E-state index in [2.05, 4.69) is 6.07 Å². The van der Waals surface area contributed by atoms with Crippen molar-refractivity contribution < 1.29 is 13.2 Å². The van der Waals surface area contributed by atoms with Crippen LogP contribution >= 0.6 is 0 Å². The fourth-order valence-corrected chi connectivity index (χ4v) is 6.05. The number of hydrogen-bond acceptors (Lipinski definition) is 4. The van der Waals surface area contributed by atoms with Gasteiger partial charge in [0.2, 0.25) is 0 Å². The maximum Gasteiger partial charge on any atom is 0.197 e. The van der Waals surface area contributed by atoms with Crippen LogP contribution in [0.4, 0.5) is 0 Å². The van der Waals surface area contributed by atoms with Crippen LogP contribution in [0.3, 0.4) is 0 Å². The number of nitriles is 1. The molecule has 5 heteroatoms. The molecule has 1 aromatic rings. The maximum atomic E-state index is 12.9. The summed E-state index contributed by atoms with van der Waals surface area (Å²) in [5.74, 6) is 0.499. The van der Waals surface area contributed by atoms with Gasteiger partial charge in [0.1, 0.15) is 5.75 Å². The molecule has 0 radical (unpaired) electrons. The summed E-state index contributed by atoms with van der Waals surface area (Å²) in [4.78, 5) is 0.191. The van der Waals surface area contributed by atoms with Crippen LogP contribution < -0.4 is 4.74 Å². The molecule has 112 valence electrons. The lowest BCUT2D eigenvalue weighted by atomic mass is 9.61. The molecule has 0 unspecified atom stereocenters. The summed E-state index contributed by atoms with van der Waals surface area (Å²) in [6.45, 7) is 0. The average molecular weight is 305 g/mol. The maximum absolute atomic E-state index is 12.9. The number of nitrogens with zero attached hydrogens (tertiary/aromatic N) is 1. The van der Waals surface area contributed by atoms with Crippen LogP contribution in [0.5, 0.6) is 5.75 Å². The van der Waals surface area contributed by atoms with Gasteiger partial charge in [0, 0.05) is 0 Å². The number of ether oxygens (including phenoxy) is 1. The van der Waals surface area contributed by atoms with Crippen molar-refractivity contribution in [1.82, 2.24) is 0 Å². The Morgan fingerprint density at radius 1 is 1.24 bits per heavy atom. The predicted molar refractivity (Wildman–Crippen MR) is 78.7 cm³/mol. The standard InChI is InChI=1S/C16H19NO3S/c1-20-13-5-4-6-14(9-13)21(18,19)16(12-17)10-15(11-16)7-2-3-8-15/h4-6,9H,2-3,7-8,10-11H2,1H3. The van der Waals surface area contributed by atoms with E-state index >= 15 is 0 Å². The molecule has 0 amide bonds. The Bertz CT molecular complexity index is 688. The third-order valence-electron chi connectivity index (χ3n) is 5.05. The minimum absolute atomic E-state index is 0.0989. The van der Waals surface area contributed by atoms with Crippen LogP contribution in [-0.4, -0.2) is 20.3 Å². The van der Waals surface area contributed by atoms with Crippen LogP contribution in [-0.2, 0) is 9.84 Å². The molecule has 2 fully saturated rings. The van der Waals surface area contributed by atoms with Crippen LogP contribution in [0.1, 0.15) is 38.5 Å². The molecule has 0 aliphatic heterocycles. The van der Waals surface area contributed by atoms with Gasteiger partial charge in [-0.3, -0.25) is 0 Å². The van der Waals surface area contributed by atoms with E-state index in [0.29, 0.717) is 18.6 Å². The van der Waals surface area contributed by atoms with Crippen molar-refractivity contribution in [2.45, 2.75) is 48.2 Å². The minimum atomic E-state index is -3.65. The number of hydrogen-bond donors (Lipinski definition) is 0. The summed E-state index contributed by atoms with van der Waals surface area (Å²) in [7, 11) is -2.15. The molecule has 2 aliphatic carbocycles. The van der Waals surface area contributed by atoms with Gasteiger partial charge in [-0.1, -0.05) is 18.9 Å². The number of rotatable bonds is 3. The first-order valence-electron chi connectivity index (χ1n) is 7.27. The normalized spacial score (nSPS) is 22.5. The van der Waals surface area contributed by atoms with Crippen molar-refractivity contribution in [3.8, 4) is 11.8 Å². The molecule has 1 aromatic carbocycles. The largest absolute Gasteiger partial charge is 0.497 e. The van der Waals surface area contributed by atoms with Crippen molar-refractivity contribution >= 4 is 9.84 Å². The first kappa shape index (κ1) is 14.4. The fourth-order valence-electron chi connectivity index (χ4n) is 3.96. The summed E-state index contributed by atoms with van der Waals surface area (Å²) in [5, 5.41) is 9.54. The Kier molecular flexibility index (Phi) is 3.25. The predicted octanol–water partition coefficient (Wildman–Crippen LogP) is 3.09. The van der Waals surface area contributed by atoms with Crippen molar-refractivity contribution in [1.29, 1.82) is 5.26 Å². The van der Waals surface area contributed by atoms with Crippen LogP contribution in [0.15, 0.2) is 29.2 Å². The Labute approximate surface area is 125 Å². The van der Waals surface area contributed by atoms with Gasteiger partial charge in [0.25, 0.3) is 0 Å². The molecule has 3 rings (SSSR count). The van der Waals surface area contributed by atoms with Gasteiger partial charge in [-0.15, -0.1) is 0 Å². The summed E-state index contributed by atoms with van der Waals surface area (Å²) >= 11 is 0. The lowest BCUT2D eigenvalue weighted by Crippen LogP contribution is -2.54. The van der Waals surface area contributed by atoms with E-state index in [1.807, 2.05) is 0 Å². The highest BCUT2D eigenvalue weighted by atomic mass is 32.2. The number of benzene rings is 1. The van der Waals surface area contributed by atoms with Crippen molar-refractivity contribution in [2.24, 2.45) is 5.41 Å². The number of sulfone groups is 1. The lowest BCUT2D eigenvalue weighted by Gasteiger charge is -2.50. The molecular formula is C16H19NO3S. The minimum Gasteiger partial charge on any atom is -0.497 e. The SMILES string of the molecule is COc1cccc(S(=O)(=O)C2(C#N)CC3(CCCC3)C2)c1. The molecule has 0 heterocycles. The van der Waals surface area contributed by atoms with Crippen molar-refractivity contribution in [3.63, 3.8) is 0 Å².